The molecule has 7 rings (SSSR count). The van der Waals surface area contributed by atoms with E-state index >= 15 is 4.79 Å². The molecule has 4 heterocycles. The number of ether oxygens (including phenoxy) is 1. The van der Waals surface area contributed by atoms with E-state index < -0.39 is 27.3 Å². The van der Waals surface area contributed by atoms with E-state index in [1.54, 1.807) is 42.7 Å². The van der Waals surface area contributed by atoms with Gasteiger partial charge in [-0.15, -0.1) is 0 Å². The predicted molar refractivity (Wildman–Crippen MR) is 174 cm³/mol. The van der Waals surface area contributed by atoms with E-state index in [9.17, 15) is 18.1 Å². The molecule has 0 radical (unpaired) electrons. The Morgan fingerprint density at radius 2 is 1.70 bits per heavy atom. The lowest BCUT2D eigenvalue weighted by molar-refractivity contribution is -0.127. The van der Waals surface area contributed by atoms with Crippen LogP contribution in [0.15, 0.2) is 102 Å². The summed E-state index contributed by atoms with van der Waals surface area (Å²) >= 11 is 0. The van der Waals surface area contributed by atoms with Crippen LogP contribution in [0.1, 0.15) is 23.6 Å². The van der Waals surface area contributed by atoms with Crippen LogP contribution in [0.4, 0.5) is 15.8 Å². The van der Waals surface area contributed by atoms with E-state index in [4.69, 9.17) is 4.74 Å². The number of aromatic nitrogens is 2. The van der Waals surface area contributed by atoms with Crippen molar-refractivity contribution in [3.05, 3.63) is 120 Å². The highest BCUT2D eigenvalue weighted by molar-refractivity contribution is 7.93. The van der Waals surface area contributed by atoms with Crippen LogP contribution in [0.3, 0.4) is 0 Å². The van der Waals surface area contributed by atoms with Gasteiger partial charge in [-0.25, -0.2) is 17.1 Å². The third-order valence-corrected chi connectivity index (χ3v) is 10.5. The van der Waals surface area contributed by atoms with Crippen molar-refractivity contribution >= 4 is 38.2 Å². The molecule has 1 unspecified atom stereocenters. The topological polar surface area (TPSA) is 120 Å². The Morgan fingerprint density at radius 3 is 2.45 bits per heavy atom. The number of sulfonamides is 1. The molecule has 1 atom stereocenters. The van der Waals surface area contributed by atoms with E-state index in [1.807, 2.05) is 24.0 Å². The number of piperazine rings is 1. The number of carbonyl (C=O) groups is 1. The molecule has 3 aromatic carbocycles. The Labute approximate surface area is 271 Å². The molecular formula is C35H29FN6O4S. The van der Waals surface area contributed by atoms with Crippen LogP contribution >= 0.6 is 0 Å². The summed E-state index contributed by atoms with van der Waals surface area (Å²) in [4.78, 5) is 27.5. The second-order valence-electron chi connectivity index (χ2n) is 11.2. The summed E-state index contributed by atoms with van der Waals surface area (Å²) in [6.07, 6.45) is 4.82. The largest absolute Gasteiger partial charge is 0.493 e. The smallest absolute Gasteiger partial charge is 0.273 e. The number of halogens is 1. The average molecular weight is 649 g/mol. The lowest BCUT2D eigenvalue weighted by atomic mass is 9.80. The van der Waals surface area contributed by atoms with Crippen LogP contribution in [-0.4, -0.2) is 62.0 Å². The molecule has 0 saturated carbocycles. The van der Waals surface area contributed by atoms with Gasteiger partial charge in [-0.3, -0.25) is 19.7 Å². The number of hydrogen-bond acceptors (Lipinski definition) is 9. The minimum Gasteiger partial charge on any atom is -0.493 e. The van der Waals surface area contributed by atoms with Gasteiger partial charge >= 0.3 is 0 Å². The highest BCUT2D eigenvalue weighted by Crippen LogP contribution is 2.53. The molecule has 1 amide bonds. The number of pyridine rings is 2. The lowest BCUT2D eigenvalue weighted by Crippen LogP contribution is -2.60. The first-order valence-electron chi connectivity index (χ1n) is 15.1. The van der Waals surface area contributed by atoms with Gasteiger partial charge in [0.25, 0.3) is 15.9 Å². The Kier molecular flexibility index (Phi) is 7.58. The minimum absolute atomic E-state index is 0.0143. The van der Waals surface area contributed by atoms with Gasteiger partial charge in [0.15, 0.2) is 5.54 Å². The third-order valence-electron chi connectivity index (χ3n) is 8.78. The second-order valence-corrected chi connectivity index (χ2v) is 12.9. The highest BCUT2D eigenvalue weighted by atomic mass is 32.2. The molecule has 236 valence electrons. The quantitative estimate of drug-likeness (QED) is 0.244. The average Bonchev–Trinajstić information content (AvgIpc) is 3.37. The minimum atomic E-state index is -4.67. The first kappa shape index (κ1) is 30.3. The van der Waals surface area contributed by atoms with Gasteiger partial charge in [-0.05, 0) is 67.6 Å². The van der Waals surface area contributed by atoms with Crippen LogP contribution in [0, 0.1) is 17.1 Å². The molecule has 1 fully saturated rings. The van der Waals surface area contributed by atoms with Crippen LogP contribution in [-0.2, 0) is 20.4 Å². The molecular weight excluding hydrogens is 619 g/mol. The molecule has 5 aromatic rings. The summed E-state index contributed by atoms with van der Waals surface area (Å²) < 4.78 is 51.2. The van der Waals surface area contributed by atoms with Crippen LogP contribution in [0.5, 0.6) is 5.75 Å². The van der Waals surface area contributed by atoms with Gasteiger partial charge in [-0.2, -0.15) is 5.26 Å². The molecule has 0 bridgehead atoms. The van der Waals surface area contributed by atoms with E-state index in [-0.39, 0.29) is 27.0 Å². The summed E-state index contributed by atoms with van der Waals surface area (Å²) in [6, 6.07) is 22.8. The number of carbonyl (C=O) groups excluding carboxylic acids is 1. The Balaban J connectivity index is 1.46. The van der Waals surface area contributed by atoms with Crippen molar-refractivity contribution in [2.45, 2.75) is 17.4 Å². The zero-order chi connectivity index (χ0) is 32.8. The van der Waals surface area contributed by atoms with Crippen molar-refractivity contribution < 1.29 is 22.3 Å². The molecule has 0 N–H and O–H groups in total. The fourth-order valence-corrected chi connectivity index (χ4v) is 8.35. The SMILES string of the molecule is CCOc1ccccc1C1(N2CCN(c3ccncc3)CC2)C(=O)N(S(=O)(=O)c2ccc(F)c3cccnc23)c2ccc(C#N)cc21. The second kappa shape index (κ2) is 11.8. The molecule has 2 aliphatic rings. The predicted octanol–water partition coefficient (Wildman–Crippen LogP) is 4.84. The molecule has 10 nitrogen and oxygen atoms in total. The number of benzene rings is 3. The number of nitrogens with zero attached hydrogens (tertiary/aromatic N) is 6. The van der Waals surface area contributed by atoms with Crippen molar-refractivity contribution in [3.8, 4) is 11.8 Å². The molecule has 1 saturated heterocycles. The number of rotatable bonds is 7. The summed E-state index contributed by atoms with van der Waals surface area (Å²) in [7, 11) is -4.67. The Hall–Kier alpha value is -5.38. The molecule has 12 heteroatoms. The Bertz CT molecular complexity index is 2170. The maximum atomic E-state index is 15.4. The lowest BCUT2D eigenvalue weighted by Gasteiger charge is -2.46. The normalized spacial score (nSPS) is 18.3. The maximum absolute atomic E-state index is 15.4. The zero-order valence-corrected chi connectivity index (χ0v) is 26.2. The first-order valence-corrected chi connectivity index (χ1v) is 16.6. The third kappa shape index (κ3) is 4.69. The number of nitriles is 1. The van der Waals surface area contributed by atoms with Gasteiger partial charge < -0.3 is 9.64 Å². The van der Waals surface area contributed by atoms with E-state index in [0.29, 0.717) is 49.7 Å². The highest BCUT2D eigenvalue weighted by Gasteiger charge is 2.60. The van der Waals surface area contributed by atoms with Crippen molar-refractivity contribution in [2.24, 2.45) is 0 Å². The summed E-state index contributed by atoms with van der Waals surface area (Å²) in [5, 5.41) is 9.99. The summed E-state index contributed by atoms with van der Waals surface area (Å²) in [5.74, 6) is -0.965. The van der Waals surface area contributed by atoms with Crippen LogP contribution < -0.4 is 13.9 Å². The van der Waals surface area contributed by atoms with Gasteiger partial charge in [-0.1, -0.05) is 18.2 Å². The summed E-state index contributed by atoms with van der Waals surface area (Å²) in [6.45, 7) is 3.94. The fourth-order valence-electron chi connectivity index (χ4n) is 6.74. The molecule has 0 aliphatic carbocycles. The number of anilines is 2. The molecule has 2 aliphatic heterocycles. The molecule has 0 spiro atoms. The monoisotopic (exact) mass is 648 g/mol. The van der Waals surface area contributed by atoms with Gasteiger partial charge in [0.05, 0.1) is 29.4 Å². The standard InChI is InChI=1S/C35H29FN6O4S/c1-2-46-31-8-4-3-7-27(31)35(41-20-18-40(19-21-41)25-13-16-38-17-14-25)28-22-24(23-37)9-11-30(28)42(34(35)43)47(44,45)32-12-10-29(36)26-6-5-15-39-33(26)32/h3-17,22H,2,18-21H2,1H3. The zero-order valence-electron chi connectivity index (χ0n) is 25.4. The van der Waals surface area contributed by atoms with E-state index in [0.717, 1.165) is 22.1 Å². The number of para-hydroxylation sites is 1. The van der Waals surface area contributed by atoms with Crippen molar-refractivity contribution in [3.63, 3.8) is 0 Å². The van der Waals surface area contributed by atoms with Crippen LogP contribution in [0.2, 0.25) is 0 Å². The summed E-state index contributed by atoms with van der Waals surface area (Å²) in [5.41, 5.74) is 0.370. The van der Waals surface area contributed by atoms with E-state index in [2.05, 4.69) is 20.9 Å². The number of fused-ring (bicyclic) bond motifs is 2. The van der Waals surface area contributed by atoms with Crippen molar-refractivity contribution in [2.75, 3.05) is 42.0 Å². The van der Waals surface area contributed by atoms with Crippen molar-refractivity contribution in [1.82, 2.24) is 14.9 Å². The van der Waals surface area contributed by atoms with Gasteiger partial charge in [0.1, 0.15) is 16.5 Å². The first-order chi connectivity index (χ1) is 22.8. The maximum Gasteiger partial charge on any atom is 0.273 e. The molecule has 47 heavy (non-hydrogen) atoms. The van der Waals surface area contributed by atoms with Gasteiger partial charge in [0.2, 0.25) is 0 Å². The fraction of sp³-hybridized carbons (Fsp3) is 0.200. The van der Waals surface area contributed by atoms with Crippen LogP contribution in [0.25, 0.3) is 10.9 Å². The molecule has 2 aromatic heterocycles. The van der Waals surface area contributed by atoms with Crippen molar-refractivity contribution in [1.29, 1.82) is 5.26 Å². The Morgan fingerprint density at radius 1 is 0.936 bits per heavy atom. The number of hydrogen-bond donors (Lipinski definition) is 0. The number of amides is 1. The van der Waals surface area contributed by atoms with E-state index in [1.165, 1.54) is 30.5 Å². The van der Waals surface area contributed by atoms with Gasteiger partial charge in [0, 0.05) is 67.0 Å².